The number of esters is 2. The Morgan fingerprint density at radius 1 is 1.10 bits per heavy atom. The lowest BCUT2D eigenvalue weighted by Crippen LogP contribution is -2.30. The van der Waals surface area contributed by atoms with Crippen LogP contribution in [0, 0.1) is 11.8 Å². The third kappa shape index (κ3) is 6.16. The number of unbranched alkanes of at least 4 members (excludes halogenated alkanes) is 1. The Bertz CT molecular complexity index is 278. The maximum atomic E-state index is 11.9. The summed E-state index contributed by atoms with van der Waals surface area (Å²) in [4.78, 5) is 23.8. The molecule has 0 heterocycles. The van der Waals surface area contributed by atoms with Gasteiger partial charge in [0.1, 0.15) is 6.61 Å². The molecule has 1 aliphatic rings. The summed E-state index contributed by atoms with van der Waals surface area (Å²) in [5.74, 6) is 0.277. The van der Waals surface area contributed by atoms with Gasteiger partial charge < -0.3 is 9.47 Å². The number of carbonyl (C=O) groups is 2. The molecule has 1 rings (SSSR count). The molecule has 0 amide bonds. The van der Waals surface area contributed by atoms with Crippen molar-refractivity contribution in [2.45, 2.75) is 45.4 Å². The molecule has 0 aromatic carbocycles. The fourth-order valence-electron chi connectivity index (χ4n) is 2.40. The van der Waals surface area contributed by atoms with E-state index >= 15 is 0 Å². The number of thioether (sulfide) groups is 1. The van der Waals surface area contributed by atoms with Crippen molar-refractivity contribution in [3.05, 3.63) is 0 Å². The van der Waals surface area contributed by atoms with Gasteiger partial charge in [0.2, 0.25) is 0 Å². The van der Waals surface area contributed by atoms with E-state index in [-0.39, 0.29) is 23.8 Å². The highest BCUT2D eigenvalue weighted by molar-refractivity contribution is 7.98. The average Bonchev–Trinajstić information content (AvgIpc) is 2.47. The van der Waals surface area contributed by atoms with E-state index in [4.69, 9.17) is 9.47 Å². The van der Waals surface area contributed by atoms with Gasteiger partial charge in [-0.05, 0) is 31.9 Å². The van der Waals surface area contributed by atoms with Gasteiger partial charge in [-0.3, -0.25) is 9.59 Å². The number of carbonyl (C=O) groups excluding carboxylic acids is 2. The first-order valence-electron chi connectivity index (χ1n) is 7.51. The maximum absolute atomic E-state index is 11.9. The zero-order chi connectivity index (χ0) is 14.8. The second-order valence-corrected chi connectivity index (χ2v) is 6.23. The number of ether oxygens (including phenoxy) is 2. The number of hydrogen-bond acceptors (Lipinski definition) is 5. The van der Waals surface area contributed by atoms with Crippen LogP contribution in [0.2, 0.25) is 0 Å². The molecule has 0 radical (unpaired) electrons. The van der Waals surface area contributed by atoms with Crippen molar-refractivity contribution in [2.24, 2.45) is 11.8 Å². The molecule has 1 aliphatic carbocycles. The van der Waals surface area contributed by atoms with Gasteiger partial charge in [-0.15, -0.1) is 0 Å². The van der Waals surface area contributed by atoms with Crippen molar-refractivity contribution in [1.82, 2.24) is 0 Å². The Kier molecular flexibility index (Phi) is 8.74. The average molecular weight is 302 g/mol. The smallest absolute Gasteiger partial charge is 0.308 e. The SMILES string of the molecule is CCCCOC(=O)C1CCCC(C(=O)OCCSC)C1. The van der Waals surface area contributed by atoms with Crippen LogP contribution in [0.1, 0.15) is 45.4 Å². The minimum atomic E-state index is -0.148. The predicted molar refractivity (Wildman–Crippen MR) is 80.7 cm³/mol. The van der Waals surface area contributed by atoms with Gasteiger partial charge in [-0.2, -0.15) is 11.8 Å². The first-order valence-corrected chi connectivity index (χ1v) is 8.90. The first-order chi connectivity index (χ1) is 9.69. The van der Waals surface area contributed by atoms with Crippen molar-refractivity contribution in [3.8, 4) is 0 Å². The molecule has 1 saturated carbocycles. The molecule has 0 aromatic heterocycles. The van der Waals surface area contributed by atoms with Crippen molar-refractivity contribution < 1.29 is 19.1 Å². The van der Waals surface area contributed by atoms with Crippen molar-refractivity contribution in [1.29, 1.82) is 0 Å². The molecule has 116 valence electrons. The lowest BCUT2D eigenvalue weighted by molar-refractivity contribution is -0.154. The first kappa shape index (κ1) is 17.3. The summed E-state index contributed by atoms with van der Waals surface area (Å²) in [6, 6.07) is 0. The molecule has 0 N–H and O–H groups in total. The lowest BCUT2D eigenvalue weighted by Gasteiger charge is -2.26. The molecule has 4 nitrogen and oxygen atoms in total. The third-order valence-electron chi connectivity index (χ3n) is 3.61. The van der Waals surface area contributed by atoms with E-state index in [2.05, 4.69) is 6.92 Å². The summed E-state index contributed by atoms with van der Waals surface area (Å²) in [6.07, 6.45) is 7.05. The van der Waals surface area contributed by atoms with E-state index in [9.17, 15) is 9.59 Å². The molecule has 2 unspecified atom stereocenters. The summed E-state index contributed by atoms with van der Waals surface area (Å²) in [7, 11) is 0. The molecule has 5 heteroatoms. The van der Waals surface area contributed by atoms with Gasteiger partial charge in [-0.25, -0.2) is 0 Å². The highest BCUT2D eigenvalue weighted by Gasteiger charge is 2.32. The highest BCUT2D eigenvalue weighted by atomic mass is 32.2. The molecule has 0 aromatic rings. The summed E-state index contributed by atoms with van der Waals surface area (Å²) in [5.41, 5.74) is 0. The molecule has 1 fully saturated rings. The molecular formula is C15H26O4S. The Morgan fingerprint density at radius 2 is 1.70 bits per heavy atom. The van der Waals surface area contributed by atoms with Gasteiger partial charge in [0.15, 0.2) is 0 Å². The summed E-state index contributed by atoms with van der Waals surface area (Å²) in [6.45, 7) is 3.02. The van der Waals surface area contributed by atoms with Crippen molar-refractivity contribution in [2.75, 3.05) is 25.2 Å². The second kappa shape index (κ2) is 10.1. The Balaban J connectivity index is 2.33. The van der Waals surface area contributed by atoms with Gasteiger partial charge in [0.25, 0.3) is 0 Å². The van der Waals surface area contributed by atoms with E-state index in [0.717, 1.165) is 37.9 Å². The highest BCUT2D eigenvalue weighted by Crippen LogP contribution is 2.30. The molecule has 0 aliphatic heterocycles. The topological polar surface area (TPSA) is 52.6 Å². The molecule has 0 spiro atoms. The van der Waals surface area contributed by atoms with Crippen LogP contribution in [0.5, 0.6) is 0 Å². The van der Waals surface area contributed by atoms with Crippen LogP contribution in [-0.2, 0) is 19.1 Å². The van der Waals surface area contributed by atoms with Crippen LogP contribution in [0.15, 0.2) is 0 Å². The normalized spacial score (nSPS) is 22.3. The number of rotatable bonds is 8. The third-order valence-corrected chi connectivity index (χ3v) is 4.19. The fraction of sp³-hybridized carbons (Fsp3) is 0.867. The minimum Gasteiger partial charge on any atom is -0.465 e. The van der Waals surface area contributed by atoms with Crippen molar-refractivity contribution in [3.63, 3.8) is 0 Å². The molecule has 2 atom stereocenters. The number of hydrogen-bond donors (Lipinski definition) is 0. The lowest BCUT2D eigenvalue weighted by atomic mass is 9.81. The Morgan fingerprint density at radius 3 is 2.25 bits per heavy atom. The molecule has 0 saturated heterocycles. The maximum Gasteiger partial charge on any atom is 0.308 e. The van der Waals surface area contributed by atoms with Crippen LogP contribution < -0.4 is 0 Å². The largest absolute Gasteiger partial charge is 0.465 e. The van der Waals surface area contributed by atoms with Crippen LogP contribution in [0.25, 0.3) is 0 Å². The fourth-order valence-corrected chi connectivity index (χ4v) is 2.65. The summed E-state index contributed by atoms with van der Waals surface area (Å²) in [5, 5.41) is 0. The van der Waals surface area contributed by atoms with Gasteiger partial charge in [0.05, 0.1) is 18.4 Å². The standard InChI is InChI=1S/C15H26O4S/c1-3-4-8-18-14(16)12-6-5-7-13(11-12)15(17)19-9-10-20-2/h12-13H,3-11H2,1-2H3. The Labute approximate surface area is 126 Å². The zero-order valence-electron chi connectivity index (χ0n) is 12.6. The van der Waals surface area contributed by atoms with Crippen LogP contribution >= 0.6 is 11.8 Å². The van der Waals surface area contributed by atoms with Gasteiger partial charge in [0, 0.05) is 5.75 Å². The second-order valence-electron chi connectivity index (χ2n) is 5.24. The van der Waals surface area contributed by atoms with Crippen LogP contribution in [0.4, 0.5) is 0 Å². The van der Waals surface area contributed by atoms with Crippen LogP contribution in [0.3, 0.4) is 0 Å². The summed E-state index contributed by atoms with van der Waals surface area (Å²) >= 11 is 1.66. The van der Waals surface area contributed by atoms with E-state index in [1.165, 1.54) is 0 Å². The quantitative estimate of drug-likeness (QED) is 0.509. The Hall–Kier alpha value is -0.710. The summed E-state index contributed by atoms with van der Waals surface area (Å²) < 4.78 is 10.5. The van der Waals surface area contributed by atoms with E-state index in [1.54, 1.807) is 11.8 Å². The van der Waals surface area contributed by atoms with E-state index in [0.29, 0.717) is 19.6 Å². The van der Waals surface area contributed by atoms with Gasteiger partial charge in [-0.1, -0.05) is 19.8 Å². The van der Waals surface area contributed by atoms with Crippen molar-refractivity contribution >= 4 is 23.7 Å². The minimum absolute atomic E-state index is 0.126. The molecule has 20 heavy (non-hydrogen) atoms. The molecule has 0 bridgehead atoms. The molecular weight excluding hydrogens is 276 g/mol. The monoisotopic (exact) mass is 302 g/mol. The predicted octanol–water partition coefficient (Wildman–Crippen LogP) is 3.04. The van der Waals surface area contributed by atoms with Crippen LogP contribution in [-0.4, -0.2) is 37.2 Å². The van der Waals surface area contributed by atoms with Gasteiger partial charge >= 0.3 is 11.9 Å². The van der Waals surface area contributed by atoms with E-state index in [1.807, 2.05) is 6.26 Å². The zero-order valence-corrected chi connectivity index (χ0v) is 13.4. The van der Waals surface area contributed by atoms with E-state index < -0.39 is 0 Å².